The molecule has 1 aromatic rings. The summed E-state index contributed by atoms with van der Waals surface area (Å²) in [6, 6.07) is 1.89. The van der Waals surface area contributed by atoms with Crippen LogP contribution in [0.2, 0.25) is 0 Å². The molecule has 1 aliphatic rings. The molecular formula is C10H10N2O3S. The zero-order valence-electron chi connectivity index (χ0n) is 8.42. The van der Waals surface area contributed by atoms with E-state index in [4.69, 9.17) is 5.11 Å². The minimum absolute atomic E-state index is 0.0508. The molecule has 1 aliphatic heterocycles. The lowest BCUT2D eigenvalue weighted by atomic mass is 10.1. The van der Waals surface area contributed by atoms with Gasteiger partial charge >= 0.3 is 5.97 Å². The first-order valence-corrected chi connectivity index (χ1v) is 5.73. The molecule has 0 radical (unpaired) electrons. The number of carbonyl (C=O) groups excluding carboxylic acids is 1. The maximum Gasteiger partial charge on any atom is 0.352 e. The summed E-state index contributed by atoms with van der Waals surface area (Å²) in [7, 11) is 0. The Morgan fingerprint density at radius 2 is 2.38 bits per heavy atom. The SMILES string of the molecule is O=C(O)C1=NN(Cc2ccsc2)C(=O)CC1. The predicted molar refractivity (Wildman–Crippen MR) is 59.2 cm³/mol. The van der Waals surface area contributed by atoms with Crippen LogP contribution >= 0.6 is 11.3 Å². The highest BCUT2D eigenvalue weighted by Crippen LogP contribution is 2.15. The van der Waals surface area contributed by atoms with Crippen LogP contribution in [0.4, 0.5) is 0 Å². The van der Waals surface area contributed by atoms with Crippen LogP contribution in [-0.4, -0.2) is 27.7 Å². The maximum absolute atomic E-state index is 11.5. The molecule has 0 atom stereocenters. The Kier molecular flexibility index (Phi) is 3.00. The first-order valence-electron chi connectivity index (χ1n) is 4.79. The molecule has 6 heteroatoms. The van der Waals surface area contributed by atoms with E-state index < -0.39 is 5.97 Å². The van der Waals surface area contributed by atoms with Gasteiger partial charge in [-0.05, 0) is 22.4 Å². The molecule has 0 bridgehead atoms. The molecule has 0 fully saturated rings. The highest BCUT2D eigenvalue weighted by Gasteiger charge is 2.23. The lowest BCUT2D eigenvalue weighted by Crippen LogP contribution is -2.33. The molecule has 0 saturated carbocycles. The second kappa shape index (κ2) is 4.44. The first-order chi connectivity index (χ1) is 7.66. The molecule has 16 heavy (non-hydrogen) atoms. The van der Waals surface area contributed by atoms with Gasteiger partial charge in [-0.1, -0.05) is 0 Å². The minimum Gasteiger partial charge on any atom is -0.477 e. The van der Waals surface area contributed by atoms with E-state index in [0.29, 0.717) is 6.54 Å². The van der Waals surface area contributed by atoms with Crippen molar-refractivity contribution in [2.75, 3.05) is 0 Å². The van der Waals surface area contributed by atoms with Crippen molar-refractivity contribution >= 4 is 28.9 Å². The Morgan fingerprint density at radius 1 is 1.56 bits per heavy atom. The Bertz CT molecular complexity index is 439. The van der Waals surface area contributed by atoms with Gasteiger partial charge in [-0.25, -0.2) is 9.80 Å². The first kappa shape index (κ1) is 10.8. The van der Waals surface area contributed by atoms with Crippen LogP contribution in [0.1, 0.15) is 18.4 Å². The molecule has 0 aliphatic carbocycles. The van der Waals surface area contributed by atoms with Crippen LogP contribution in [0.15, 0.2) is 21.9 Å². The van der Waals surface area contributed by atoms with Gasteiger partial charge in [-0.3, -0.25) is 4.79 Å². The van der Waals surface area contributed by atoms with Crippen molar-refractivity contribution in [1.29, 1.82) is 0 Å². The Labute approximate surface area is 96.0 Å². The van der Waals surface area contributed by atoms with E-state index in [-0.39, 0.29) is 24.5 Å². The topological polar surface area (TPSA) is 70.0 Å². The van der Waals surface area contributed by atoms with Gasteiger partial charge in [0.2, 0.25) is 5.91 Å². The molecule has 0 aromatic carbocycles. The average Bonchev–Trinajstić information content (AvgIpc) is 2.73. The van der Waals surface area contributed by atoms with E-state index in [2.05, 4.69) is 5.10 Å². The number of hydrogen-bond donors (Lipinski definition) is 1. The highest BCUT2D eigenvalue weighted by atomic mass is 32.1. The van der Waals surface area contributed by atoms with E-state index in [1.165, 1.54) is 16.3 Å². The fraction of sp³-hybridized carbons (Fsp3) is 0.300. The van der Waals surface area contributed by atoms with Gasteiger partial charge in [0.05, 0.1) is 6.54 Å². The summed E-state index contributed by atoms with van der Waals surface area (Å²) in [4.78, 5) is 22.3. The Hall–Kier alpha value is -1.69. The lowest BCUT2D eigenvalue weighted by Gasteiger charge is -2.21. The monoisotopic (exact) mass is 238 g/mol. The summed E-state index contributed by atoms with van der Waals surface area (Å²) in [5.41, 5.74) is 1.02. The second-order valence-electron chi connectivity index (χ2n) is 3.43. The summed E-state index contributed by atoms with van der Waals surface area (Å²) in [6.45, 7) is 0.346. The van der Waals surface area contributed by atoms with Crippen molar-refractivity contribution in [2.24, 2.45) is 5.10 Å². The van der Waals surface area contributed by atoms with E-state index in [1.807, 2.05) is 16.8 Å². The summed E-state index contributed by atoms with van der Waals surface area (Å²) < 4.78 is 0. The molecule has 0 unspecified atom stereocenters. The van der Waals surface area contributed by atoms with Crippen molar-refractivity contribution in [3.05, 3.63) is 22.4 Å². The van der Waals surface area contributed by atoms with Crippen molar-refractivity contribution < 1.29 is 14.7 Å². The zero-order valence-corrected chi connectivity index (χ0v) is 9.24. The smallest absolute Gasteiger partial charge is 0.352 e. The molecule has 0 spiro atoms. The summed E-state index contributed by atoms with van der Waals surface area (Å²) >= 11 is 1.53. The maximum atomic E-state index is 11.5. The number of hydrazone groups is 1. The number of carboxylic acid groups (broad SMARTS) is 1. The number of thiophene rings is 1. The number of carboxylic acids is 1. The van der Waals surface area contributed by atoms with Crippen LogP contribution < -0.4 is 0 Å². The largest absolute Gasteiger partial charge is 0.477 e. The van der Waals surface area contributed by atoms with Crippen molar-refractivity contribution in [3.8, 4) is 0 Å². The number of aliphatic carboxylic acids is 1. The summed E-state index contributed by atoms with van der Waals surface area (Å²) in [5, 5.41) is 17.7. The zero-order chi connectivity index (χ0) is 11.5. The number of nitrogens with zero attached hydrogens (tertiary/aromatic N) is 2. The van der Waals surface area contributed by atoms with Crippen LogP contribution in [0.25, 0.3) is 0 Å². The van der Waals surface area contributed by atoms with Crippen LogP contribution in [0.3, 0.4) is 0 Å². The molecule has 1 N–H and O–H groups in total. The summed E-state index contributed by atoms with van der Waals surface area (Å²) in [5.74, 6) is -1.18. The van der Waals surface area contributed by atoms with E-state index in [9.17, 15) is 9.59 Å². The molecule has 1 amide bonds. The summed E-state index contributed by atoms with van der Waals surface area (Å²) in [6.07, 6.45) is 0.434. The van der Waals surface area contributed by atoms with E-state index in [1.54, 1.807) is 0 Å². The molecule has 2 rings (SSSR count). The third-order valence-electron chi connectivity index (χ3n) is 2.26. The number of rotatable bonds is 3. The van der Waals surface area contributed by atoms with E-state index in [0.717, 1.165) is 5.56 Å². The van der Waals surface area contributed by atoms with Gasteiger partial charge in [0.15, 0.2) is 0 Å². The van der Waals surface area contributed by atoms with Crippen molar-refractivity contribution in [2.45, 2.75) is 19.4 Å². The van der Waals surface area contributed by atoms with Crippen LogP contribution in [0, 0.1) is 0 Å². The fourth-order valence-corrected chi connectivity index (χ4v) is 2.09. The Balaban J connectivity index is 2.15. The Morgan fingerprint density at radius 3 is 3.00 bits per heavy atom. The standard InChI is InChI=1S/C10H10N2O3S/c13-9-2-1-8(10(14)15)11-12(9)5-7-3-4-16-6-7/h3-4,6H,1-2,5H2,(H,14,15). The third-order valence-corrected chi connectivity index (χ3v) is 3.00. The van der Waals surface area contributed by atoms with Crippen molar-refractivity contribution in [1.82, 2.24) is 5.01 Å². The normalized spacial score (nSPS) is 16.1. The molecule has 1 aromatic heterocycles. The third kappa shape index (κ3) is 2.27. The molecule has 2 heterocycles. The fourth-order valence-electron chi connectivity index (χ4n) is 1.43. The minimum atomic E-state index is -1.05. The van der Waals surface area contributed by atoms with Gasteiger partial charge in [0.25, 0.3) is 0 Å². The van der Waals surface area contributed by atoms with Crippen LogP contribution in [0.5, 0.6) is 0 Å². The second-order valence-corrected chi connectivity index (χ2v) is 4.21. The lowest BCUT2D eigenvalue weighted by molar-refractivity contribution is -0.133. The predicted octanol–water partition coefficient (Wildman–Crippen LogP) is 1.31. The van der Waals surface area contributed by atoms with Crippen LogP contribution in [-0.2, 0) is 16.1 Å². The molecule has 84 valence electrons. The number of hydrogen-bond acceptors (Lipinski definition) is 4. The van der Waals surface area contributed by atoms with Crippen molar-refractivity contribution in [3.63, 3.8) is 0 Å². The van der Waals surface area contributed by atoms with Gasteiger partial charge < -0.3 is 5.11 Å². The average molecular weight is 238 g/mol. The molecule has 0 saturated heterocycles. The molecular weight excluding hydrogens is 228 g/mol. The van der Waals surface area contributed by atoms with E-state index >= 15 is 0 Å². The highest BCUT2D eigenvalue weighted by molar-refractivity contribution is 7.07. The van der Waals surface area contributed by atoms with Gasteiger partial charge in [0.1, 0.15) is 5.71 Å². The number of amides is 1. The number of carbonyl (C=O) groups is 2. The van der Waals surface area contributed by atoms with Gasteiger partial charge in [-0.15, -0.1) is 0 Å². The van der Waals surface area contributed by atoms with Gasteiger partial charge in [0, 0.05) is 12.8 Å². The quantitative estimate of drug-likeness (QED) is 0.863. The molecule has 5 nitrogen and oxygen atoms in total. The van der Waals surface area contributed by atoms with Gasteiger partial charge in [-0.2, -0.15) is 16.4 Å².